The predicted molar refractivity (Wildman–Crippen MR) is 38.7 cm³/mol. The van der Waals surface area contributed by atoms with Gasteiger partial charge in [-0.25, -0.2) is 4.79 Å². The molecule has 0 aliphatic rings. The molecule has 0 aromatic rings. The molecule has 0 aromatic heterocycles. The lowest BCUT2D eigenvalue weighted by molar-refractivity contribution is -0.0232. The highest BCUT2D eigenvalue weighted by molar-refractivity contribution is 5.37. The van der Waals surface area contributed by atoms with Crippen LogP contribution in [-0.2, 0) is 19.0 Å². The summed E-state index contributed by atoms with van der Waals surface area (Å²) in [6.45, 7) is 4.97. The van der Waals surface area contributed by atoms with E-state index in [0.717, 1.165) is 13.0 Å². The van der Waals surface area contributed by atoms with E-state index >= 15 is 0 Å². The van der Waals surface area contributed by atoms with Gasteiger partial charge in [0.15, 0.2) is 6.79 Å². The van der Waals surface area contributed by atoms with Gasteiger partial charge in [0, 0.05) is 6.61 Å². The summed E-state index contributed by atoms with van der Waals surface area (Å²) in [5, 5.41) is 0. The summed E-state index contributed by atoms with van der Waals surface area (Å²) in [5.74, 6) is 0. The van der Waals surface area contributed by atoms with Crippen LogP contribution in [0, 0.1) is 0 Å². The van der Waals surface area contributed by atoms with Gasteiger partial charge in [0.25, 0.3) is 0 Å². The average molecular weight is 161 g/mol. The van der Waals surface area contributed by atoms with Gasteiger partial charge in [-0.2, -0.15) is 0 Å². The zero-order valence-corrected chi connectivity index (χ0v) is 6.67. The summed E-state index contributed by atoms with van der Waals surface area (Å²) in [6, 6.07) is 0. The first-order valence-corrected chi connectivity index (χ1v) is 3.56. The van der Waals surface area contributed by atoms with E-state index in [-0.39, 0.29) is 6.79 Å². The van der Waals surface area contributed by atoms with Gasteiger partial charge in [-0.3, -0.25) is 0 Å². The van der Waals surface area contributed by atoms with Crippen molar-refractivity contribution in [1.29, 1.82) is 0 Å². The molecule has 0 aromatic carbocycles. The van der Waals surface area contributed by atoms with E-state index in [9.17, 15) is 4.79 Å². The lowest BCUT2D eigenvalue weighted by atomic mass is 10.5. The summed E-state index contributed by atoms with van der Waals surface area (Å²) < 4.78 is 14.1. The second-order valence-electron chi connectivity index (χ2n) is 1.87. The fourth-order valence-corrected chi connectivity index (χ4v) is 0.489. The Morgan fingerprint density at radius 1 is 1.18 bits per heavy atom. The molecule has 0 bridgehead atoms. The number of carbonyl (C=O) groups excluding carboxylic acids is 1. The fraction of sp³-hybridized carbons (Fsp3) is 0.857. The minimum Gasteiger partial charge on any atom is -0.430 e. The first-order chi connectivity index (χ1) is 5.41. The number of ether oxygens (including phenoxy) is 3. The van der Waals surface area contributed by atoms with E-state index in [1.165, 1.54) is 6.47 Å². The zero-order chi connectivity index (χ0) is 8.36. The molecule has 0 amide bonds. The quantitative estimate of drug-likeness (QED) is 0.383. The molecule has 11 heavy (non-hydrogen) atoms. The van der Waals surface area contributed by atoms with Crippen LogP contribution in [0.5, 0.6) is 0 Å². The third-order valence-corrected chi connectivity index (χ3v) is 0.922. The van der Waals surface area contributed by atoms with Crippen LogP contribution in [0.1, 0.15) is 13.3 Å². The molecule has 0 rings (SSSR count). The number of rotatable bonds is 8. The van der Waals surface area contributed by atoms with Crippen molar-refractivity contribution in [3.63, 3.8) is 0 Å². The Balaban J connectivity index is 2.74. The van der Waals surface area contributed by atoms with Crippen LogP contribution in [0.2, 0.25) is 0 Å². The molecule has 0 fully saturated rings. The van der Waals surface area contributed by atoms with Crippen LogP contribution < -0.4 is 0 Å². The highest BCUT2D eigenvalue weighted by Gasteiger charge is 1.87. The van der Waals surface area contributed by atoms with E-state index in [2.05, 4.69) is 4.74 Å². The van der Waals surface area contributed by atoms with E-state index in [0.29, 0.717) is 13.2 Å². The van der Waals surface area contributed by atoms with Crippen molar-refractivity contribution in [3.05, 3.63) is 0 Å². The molecule has 0 N–H and O–H groups in total. The van der Waals surface area contributed by atoms with E-state index in [1.807, 2.05) is 6.92 Å². The Morgan fingerprint density at radius 3 is 2.55 bits per heavy atom. The largest absolute Gasteiger partial charge is 0.430 e. The monoisotopic (exact) mass is 161 g/mol. The molecule has 0 spiro atoms. The Hall–Kier alpha value is -0.610. The highest BCUT2D eigenvalue weighted by Crippen LogP contribution is 1.81. The smallest absolute Gasteiger partial charge is 0.419 e. The molecule has 4 nitrogen and oxygen atoms in total. The van der Waals surface area contributed by atoms with E-state index in [4.69, 9.17) is 9.47 Å². The van der Waals surface area contributed by atoms with Crippen molar-refractivity contribution < 1.29 is 19.0 Å². The summed E-state index contributed by atoms with van der Waals surface area (Å²) >= 11 is 0. The average Bonchev–Trinajstić information content (AvgIpc) is 2.03. The molecule has 65 valence electrons. The van der Waals surface area contributed by atoms with Crippen LogP contribution in [-0.4, -0.2) is 33.1 Å². The molecule has 4 heteroatoms. The fourth-order valence-electron chi connectivity index (χ4n) is 0.489. The van der Waals surface area contributed by atoms with Crippen molar-refractivity contribution in [2.45, 2.75) is 13.3 Å². The molecule has 1 radical (unpaired) electrons. The SMILES string of the molecule is CCCOCCOCO[C]=O. The third kappa shape index (κ3) is 9.39. The minimum absolute atomic E-state index is 0.0427. The maximum Gasteiger partial charge on any atom is 0.419 e. The molecule has 0 atom stereocenters. The zero-order valence-electron chi connectivity index (χ0n) is 6.67. The molecule has 0 aliphatic heterocycles. The van der Waals surface area contributed by atoms with Gasteiger partial charge in [0.1, 0.15) is 0 Å². The van der Waals surface area contributed by atoms with Crippen LogP contribution in [0.15, 0.2) is 0 Å². The van der Waals surface area contributed by atoms with Crippen molar-refractivity contribution >= 4 is 6.47 Å². The van der Waals surface area contributed by atoms with Gasteiger partial charge in [0.05, 0.1) is 13.2 Å². The Bertz CT molecular complexity index is 84.5. The van der Waals surface area contributed by atoms with Gasteiger partial charge in [-0.05, 0) is 6.42 Å². The van der Waals surface area contributed by atoms with Gasteiger partial charge in [-0.1, -0.05) is 6.92 Å². The lowest BCUT2D eigenvalue weighted by Gasteiger charge is -2.02. The molecular weight excluding hydrogens is 148 g/mol. The van der Waals surface area contributed by atoms with Gasteiger partial charge >= 0.3 is 6.47 Å². The van der Waals surface area contributed by atoms with Gasteiger partial charge in [0.2, 0.25) is 0 Å². The third-order valence-electron chi connectivity index (χ3n) is 0.922. The van der Waals surface area contributed by atoms with Gasteiger partial charge < -0.3 is 14.2 Å². The number of hydrogen-bond acceptors (Lipinski definition) is 4. The maximum atomic E-state index is 9.48. The first-order valence-electron chi connectivity index (χ1n) is 3.56. The molecule has 0 saturated heterocycles. The maximum absolute atomic E-state index is 9.48. The van der Waals surface area contributed by atoms with Crippen LogP contribution in [0.25, 0.3) is 0 Å². The summed E-state index contributed by atoms with van der Waals surface area (Å²) in [6.07, 6.45) is 0.999. The first kappa shape index (κ1) is 10.4. The van der Waals surface area contributed by atoms with Crippen molar-refractivity contribution in [2.24, 2.45) is 0 Å². The van der Waals surface area contributed by atoms with E-state index < -0.39 is 0 Å². The molecule has 0 aliphatic carbocycles. The lowest BCUT2D eigenvalue weighted by Crippen LogP contribution is -2.07. The summed E-state index contributed by atoms with van der Waals surface area (Å²) in [5.41, 5.74) is 0. The highest BCUT2D eigenvalue weighted by atomic mass is 16.7. The van der Waals surface area contributed by atoms with Crippen molar-refractivity contribution in [2.75, 3.05) is 26.6 Å². The second-order valence-corrected chi connectivity index (χ2v) is 1.87. The molecule has 0 unspecified atom stereocenters. The van der Waals surface area contributed by atoms with Crippen LogP contribution >= 0.6 is 0 Å². The Morgan fingerprint density at radius 2 is 1.91 bits per heavy atom. The Kier molecular flexibility index (Phi) is 8.87. The summed E-state index contributed by atoms with van der Waals surface area (Å²) in [7, 11) is 0. The summed E-state index contributed by atoms with van der Waals surface area (Å²) in [4.78, 5) is 9.48. The van der Waals surface area contributed by atoms with Crippen LogP contribution in [0.3, 0.4) is 0 Å². The molecule has 0 heterocycles. The van der Waals surface area contributed by atoms with Crippen molar-refractivity contribution in [1.82, 2.24) is 0 Å². The van der Waals surface area contributed by atoms with Crippen LogP contribution in [0.4, 0.5) is 0 Å². The number of hydrogen-bond donors (Lipinski definition) is 0. The van der Waals surface area contributed by atoms with Crippen molar-refractivity contribution in [3.8, 4) is 0 Å². The second kappa shape index (κ2) is 9.39. The topological polar surface area (TPSA) is 44.8 Å². The minimum atomic E-state index is -0.0427. The predicted octanol–water partition coefficient (Wildman–Crippen LogP) is 0.471. The molecular formula is C7H13O4. The standard InChI is InChI=1S/C7H13O4/c1-2-3-9-4-5-10-7-11-6-8/h2-5,7H2,1H3. The normalized spacial score (nSPS) is 9.55. The van der Waals surface area contributed by atoms with Gasteiger partial charge in [-0.15, -0.1) is 0 Å². The molecule has 0 saturated carbocycles. The van der Waals surface area contributed by atoms with E-state index in [1.54, 1.807) is 0 Å². The Labute approximate surface area is 66.4 Å².